The van der Waals surface area contributed by atoms with Gasteiger partial charge in [0.2, 0.25) is 5.91 Å². The summed E-state index contributed by atoms with van der Waals surface area (Å²) in [5, 5.41) is 3.12. The van der Waals surface area contributed by atoms with Gasteiger partial charge in [-0.25, -0.2) is 0 Å². The molecule has 1 aliphatic rings. The molecule has 3 nitrogen and oxygen atoms in total. The Labute approximate surface area is 128 Å². The van der Waals surface area contributed by atoms with E-state index in [9.17, 15) is 4.79 Å². The predicted molar refractivity (Wildman–Crippen MR) is 88.3 cm³/mol. The summed E-state index contributed by atoms with van der Waals surface area (Å²) in [6, 6.07) is 6.24. The fourth-order valence-corrected chi connectivity index (χ4v) is 3.16. The highest BCUT2D eigenvalue weighted by molar-refractivity contribution is 5.93. The molecule has 1 aromatic carbocycles. The number of benzene rings is 1. The van der Waals surface area contributed by atoms with Crippen LogP contribution < -0.4 is 11.1 Å². The van der Waals surface area contributed by atoms with E-state index in [1.165, 1.54) is 24.0 Å². The van der Waals surface area contributed by atoms with Crippen LogP contribution in [0.3, 0.4) is 0 Å². The minimum Gasteiger partial charge on any atom is -0.330 e. The van der Waals surface area contributed by atoms with Gasteiger partial charge in [0.05, 0.1) is 5.92 Å². The summed E-state index contributed by atoms with van der Waals surface area (Å²) in [5.74, 6) is -0.0594. The van der Waals surface area contributed by atoms with Gasteiger partial charge >= 0.3 is 0 Å². The van der Waals surface area contributed by atoms with Gasteiger partial charge in [0.1, 0.15) is 0 Å². The number of hydrogen-bond donors (Lipinski definition) is 2. The first kappa shape index (κ1) is 16.0. The second-order valence-electron chi connectivity index (χ2n) is 7.34. The van der Waals surface area contributed by atoms with E-state index in [-0.39, 0.29) is 17.2 Å². The molecule has 3 heteroatoms. The minimum atomic E-state index is -0.121. The average Bonchev–Trinajstić information content (AvgIpc) is 2.44. The van der Waals surface area contributed by atoms with Crippen molar-refractivity contribution in [3.8, 4) is 0 Å². The highest BCUT2D eigenvalue weighted by Gasteiger charge is 2.24. The van der Waals surface area contributed by atoms with E-state index in [1.807, 2.05) is 12.1 Å². The zero-order chi connectivity index (χ0) is 15.5. The van der Waals surface area contributed by atoms with Crippen molar-refractivity contribution in [2.24, 2.45) is 17.1 Å². The quantitative estimate of drug-likeness (QED) is 0.890. The predicted octanol–water partition coefficient (Wildman–Crippen LogP) is 3.52. The zero-order valence-electron chi connectivity index (χ0n) is 13.5. The molecule has 0 radical (unpaired) electrons. The number of rotatable bonds is 4. The molecule has 0 spiro atoms. The molecule has 0 aromatic heterocycles. The fourth-order valence-electron chi connectivity index (χ4n) is 3.16. The first-order valence-corrected chi connectivity index (χ1v) is 8.02. The number of nitrogens with two attached hydrogens (primary N) is 1. The molecule has 3 N–H and O–H groups in total. The van der Waals surface area contributed by atoms with Crippen molar-refractivity contribution in [1.29, 1.82) is 0 Å². The molecule has 1 atom stereocenters. The van der Waals surface area contributed by atoms with E-state index < -0.39 is 0 Å². The molecule has 2 rings (SSSR count). The SMILES string of the molecule is CC(C)(C)CC(CN)C(=O)Nc1cccc2c1CCCC2. The lowest BCUT2D eigenvalue weighted by atomic mass is 9.84. The maximum absolute atomic E-state index is 12.5. The molecule has 1 amide bonds. The number of fused-ring (bicyclic) bond motifs is 1. The standard InChI is InChI=1S/C18H28N2O/c1-18(2,3)11-14(12-19)17(21)20-16-10-6-8-13-7-4-5-9-15(13)16/h6,8,10,14H,4-5,7,9,11-12,19H2,1-3H3,(H,20,21). The van der Waals surface area contributed by atoms with E-state index in [0.29, 0.717) is 6.54 Å². The van der Waals surface area contributed by atoms with Crippen LogP contribution in [0.25, 0.3) is 0 Å². The largest absolute Gasteiger partial charge is 0.330 e. The molecule has 0 fully saturated rings. The van der Waals surface area contributed by atoms with Crippen LogP contribution in [0.2, 0.25) is 0 Å². The summed E-state index contributed by atoms with van der Waals surface area (Å²) in [7, 11) is 0. The van der Waals surface area contributed by atoms with Crippen molar-refractivity contribution < 1.29 is 4.79 Å². The van der Waals surface area contributed by atoms with Crippen molar-refractivity contribution in [3.05, 3.63) is 29.3 Å². The highest BCUT2D eigenvalue weighted by atomic mass is 16.1. The third-order valence-corrected chi connectivity index (χ3v) is 4.17. The Morgan fingerprint density at radius 2 is 2.00 bits per heavy atom. The van der Waals surface area contributed by atoms with E-state index >= 15 is 0 Å². The van der Waals surface area contributed by atoms with Gasteiger partial charge in [0.15, 0.2) is 0 Å². The van der Waals surface area contributed by atoms with Gasteiger partial charge in [0, 0.05) is 12.2 Å². The molecular formula is C18H28N2O. The third-order valence-electron chi connectivity index (χ3n) is 4.17. The van der Waals surface area contributed by atoms with Crippen LogP contribution >= 0.6 is 0 Å². The molecule has 1 unspecified atom stereocenters. The minimum absolute atomic E-state index is 0.0615. The zero-order valence-corrected chi connectivity index (χ0v) is 13.5. The number of carbonyl (C=O) groups excluding carboxylic acids is 1. The van der Waals surface area contributed by atoms with Crippen molar-refractivity contribution in [3.63, 3.8) is 0 Å². The third kappa shape index (κ3) is 4.31. The van der Waals surface area contributed by atoms with Gasteiger partial charge in [0.25, 0.3) is 0 Å². The molecule has 0 aliphatic heterocycles. The van der Waals surface area contributed by atoms with Gasteiger partial charge in [-0.15, -0.1) is 0 Å². The lowest BCUT2D eigenvalue weighted by Gasteiger charge is -2.25. The van der Waals surface area contributed by atoms with Gasteiger partial charge in [-0.1, -0.05) is 32.9 Å². The van der Waals surface area contributed by atoms with Crippen LogP contribution in [-0.4, -0.2) is 12.5 Å². The smallest absolute Gasteiger partial charge is 0.228 e. The van der Waals surface area contributed by atoms with Crippen molar-refractivity contribution >= 4 is 11.6 Å². The monoisotopic (exact) mass is 288 g/mol. The Morgan fingerprint density at radius 1 is 1.29 bits per heavy atom. The molecule has 0 bridgehead atoms. The molecule has 1 aromatic rings. The van der Waals surface area contributed by atoms with Crippen LogP contribution in [0, 0.1) is 11.3 Å². The van der Waals surface area contributed by atoms with E-state index in [1.54, 1.807) is 0 Å². The number of anilines is 1. The van der Waals surface area contributed by atoms with Gasteiger partial charge in [-0.3, -0.25) is 4.79 Å². The number of aryl methyl sites for hydroxylation is 1. The summed E-state index contributed by atoms with van der Waals surface area (Å²) >= 11 is 0. The normalized spacial score (nSPS) is 16.2. The topological polar surface area (TPSA) is 55.1 Å². The Morgan fingerprint density at radius 3 is 2.67 bits per heavy atom. The molecule has 21 heavy (non-hydrogen) atoms. The summed E-state index contributed by atoms with van der Waals surface area (Å²) in [5.41, 5.74) is 9.62. The van der Waals surface area contributed by atoms with Crippen molar-refractivity contribution in [1.82, 2.24) is 0 Å². The average molecular weight is 288 g/mol. The van der Waals surface area contributed by atoms with Gasteiger partial charge in [-0.05, 0) is 54.7 Å². The van der Waals surface area contributed by atoms with E-state index in [0.717, 1.165) is 24.9 Å². The van der Waals surface area contributed by atoms with Crippen LogP contribution in [0.1, 0.15) is 51.2 Å². The molecular weight excluding hydrogens is 260 g/mol. The highest BCUT2D eigenvalue weighted by Crippen LogP contribution is 2.29. The summed E-state index contributed by atoms with van der Waals surface area (Å²) in [6.07, 6.45) is 5.46. The van der Waals surface area contributed by atoms with E-state index in [4.69, 9.17) is 5.73 Å². The van der Waals surface area contributed by atoms with Gasteiger partial charge in [-0.2, -0.15) is 0 Å². The van der Waals surface area contributed by atoms with Crippen molar-refractivity contribution in [2.45, 2.75) is 52.9 Å². The second-order valence-corrected chi connectivity index (χ2v) is 7.34. The molecule has 1 aliphatic carbocycles. The Balaban J connectivity index is 2.12. The van der Waals surface area contributed by atoms with Gasteiger partial charge < -0.3 is 11.1 Å². The van der Waals surface area contributed by atoms with Crippen LogP contribution in [0.15, 0.2) is 18.2 Å². The molecule has 0 saturated heterocycles. The molecule has 116 valence electrons. The molecule has 0 heterocycles. The fraction of sp³-hybridized carbons (Fsp3) is 0.611. The number of nitrogens with one attached hydrogen (secondary N) is 1. The second kappa shape index (κ2) is 6.61. The maximum atomic E-state index is 12.5. The van der Waals surface area contributed by atoms with Crippen LogP contribution in [-0.2, 0) is 17.6 Å². The number of amides is 1. The Bertz CT molecular complexity index is 502. The summed E-state index contributed by atoms with van der Waals surface area (Å²) < 4.78 is 0. The lowest BCUT2D eigenvalue weighted by Crippen LogP contribution is -2.32. The number of hydrogen-bond acceptors (Lipinski definition) is 2. The first-order valence-electron chi connectivity index (χ1n) is 8.02. The first-order chi connectivity index (χ1) is 9.90. The van der Waals surface area contributed by atoms with Crippen molar-refractivity contribution in [2.75, 3.05) is 11.9 Å². The number of carbonyl (C=O) groups is 1. The van der Waals surface area contributed by atoms with Crippen LogP contribution in [0.5, 0.6) is 0 Å². The Kier molecular flexibility index (Phi) is 5.04. The van der Waals surface area contributed by atoms with Crippen LogP contribution in [0.4, 0.5) is 5.69 Å². The lowest BCUT2D eigenvalue weighted by molar-refractivity contribution is -0.120. The summed E-state index contributed by atoms with van der Waals surface area (Å²) in [6.45, 7) is 6.84. The maximum Gasteiger partial charge on any atom is 0.228 e. The molecule has 0 saturated carbocycles. The summed E-state index contributed by atoms with van der Waals surface area (Å²) in [4.78, 5) is 12.5. The Hall–Kier alpha value is -1.35. The van der Waals surface area contributed by atoms with E-state index in [2.05, 4.69) is 32.2 Å².